The van der Waals surface area contributed by atoms with Crippen molar-refractivity contribution in [3.05, 3.63) is 19.8 Å². The number of nitrogens with one attached hydrogen (secondary N) is 1. The summed E-state index contributed by atoms with van der Waals surface area (Å²) in [6.45, 7) is 10.1. The van der Waals surface area contributed by atoms with Crippen LogP contribution in [0.15, 0.2) is 10.5 Å². The minimum absolute atomic E-state index is 0.0292. The lowest BCUT2D eigenvalue weighted by Crippen LogP contribution is -2.52. The monoisotopic (exact) mass is 422 g/mol. The number of ether oxygens (including phenoxy) is 1. The number of piperidine rings is 1. The molecule has 2 heterocycles. The Kier molecular flexibility index (Phi) is 6.04. The number of rotatable bonds is 3. The number of carbonyl (C=O) groups excluding carboxylic acids is 1. The fraction of sp³-hybridized carbons (Fsp3) is 0.688. The van der Waals surface area contributed by atoms with Gasteiger partial charge in [-0.15, -0.1) is 11.3 Å². The summed E-state index contributed by atoms with van der Waals surface area (Å²) in [4.78, 5) is 15.1. The lowest BCUT2D eigenvalue weighted by molar-refractivity contribution is 0.0157. The number of amides is 1. The van der Waals surface area contributed by atoms with Crippen molar-refractivity contribution >= 4 is 45.0 Å². The van der Waals surface area contributed by atoms with Crippen LogP contribution in [0.5, 0.6) is 0 Å². The van der Waals surface area contributed by atoms with E-state index < -0.39 is 5.60 Å². The van der Waals surface area contributed by atoms with E-state index in [0.29, 0.717) is 13.1 Å². The van der Waals surface area contributed by atoms with Gasteiger partial charge in [0.15, 0.2) is 0 Å². The molecule has 1 saturated heterocycles. The van der Waals surface area contributed by atoms with E-state index in [1.54, 1.807) is 16.2 Å². The molecule has 0 aliphatic carbocycles. The molecule has 1 amide bonds. The van der Waals surface area contributed by atoms with E-state index in [2.05, 4.69) is 34.2 Å². The smallest absolute Gasteiger partial charge is 0.410 e. The Balaban J connectivity index is 1.83. The number of hydrogen-bond donors (Lipinski definition) is 1. The molecule has 0 spiro atoms. The molecule has 0 saturated carbocycles. The van der Waals surface area contributed by atoms with Crippen molar-refractivity contribution < 1.29 is 9.53 Å². The van der Waals surface area contributed by atoms with E-state index in [-0.39, 0.29) is 11.6 Å². The number of halogens is 2. The van der Waals surface area contributed by atoms with Gasteiger partial charge in [-0.05, 0) is 62.5 Å². The molecule has 1 aliphatic rings. The second-order valence-electron chi connectivity index (χ2n) is 7.22. The molecular formula is C16H24BrClN2O2S. The Morgan fingerprint density at radius 1 is 1.48 bits per heavy atom. The molecule has 0 bridgehead atoms. The summed E-state index contributed by atoms with van der Waals surface area (Å²) < 4.78 is 7.17. The number of nitrogens with zero attached hydrogens (tertiary/aromatic N) is 1. The molecule has 1 aromatic rings. The minimum atomic E-state index is -0.443. The zero-order chi connectivity index (χ0) is 17.3. The van der Waals surface area contributed by atoms with Gasteiger partial charge in [-0.2, -0.15) is 0 Å². The first kappa shape index (κ1) is 19.0. The van der Waals surface area contributed by atoms with Gasteiger partial charge in [-0.1, -0.05) is 11.6 Å². The van der Waals surface area contributed by atoms with Crippen LogP contribution in [0, 0.1) is 0 Å². The van der Waals surface area contributed by atoms with Gasteiger partial charge >= 0.3 is 6.09 Å². The van der Waals surface area contributed by atoms with Gasteiger partial charge in [0.05, 0.1) is 0 Å². The van der Waals surface area contributed by atoms with Gasteiger partial charge < -0.3 is 15.0 Å². The second-order valence-corrected chi connectivity index (χ2v) is 9.81. The Bertz CT molecular complexity index is 543. The summed E-state index contributed by atoms with van der Waals surface area (Å²) >= 11 is 11.1. The van der Waals surface area contributed by atoms with Gasteiger partial charge in [-0.3, -0.25) is 0 Å². The molecule has 23 heavy (non-hydrogen) atoms. The van der Waals surface area contributed by atoms with Crippen LogP contribution >= 0.6 is 38.9 Å². The van der Waals surface area contributed by atoms with Gasteiger partial charge in [0.25, 0.3) is 0 Å². The van der Waals surface area contributed by atoms with E-state index in [1.165, 1.54) is 4.88 Å². The van der Waals surface area contributed by atoms with Crippen molar-refractivity contribution in [2.75, 3.05) is 13.1 Å². The van der Waals surface area contributed by atoms with E-state index in [9.17, 15) is 4.79 Å². The quantitative estimate of drug-likeness (QED) is 0.740. The normalized spacial score (nSPS) is 18.1. The number of thiophene rings is 1. The topological polar surface area (TPSA) is 41.6 Å². The summed E-state index contributed by atoms with van der Waals surface area (Å²) in [5.41, 5.74) is -0.413. The summed E-state index contributed by atoms with van der Waals surface area (Å²) in [5.74, 6) is 0. The largest absolute Gasteiger partial charge is 0.444 e. The highest BCUT2D eigenvalue weighted by molar-refractivity contribution is 9.10. The molecule has 0 aromatic carbocycles. The third kappa shape index (κ3) is 5.62. The van der Waals surface area contributed by atoms with E-state index in [0.717, 1.165) is 28.2 Å². The number of hydrogen-bond acceptors (Lipinski definition) is 4. The van der Waals surface area contributed by atoms with E-state index in [4.69, 9.17) is 16.3 Å². The minimum Gasteiger partial charge on any atom is -0.444 e. The predicted molar refractivity (Wildman–Crippen MR) is 99.3 cm³/mol. The van der Waals surface area contributed by atoms with Crippen LogP contribution in [0.25, 0.3) is 0 Å². The van der Waals surface area contributed by atoms with E-state index in [1.807, 2.05) is 20.8 Å². The molecule has 0 atom stereocenters. The van der Waals surface area contributed by atoms with Crippen molar-refractivity contribution in [1.29, 1.82) is 0 Å². The van der Waals surface area contributed by atoms with Crippen molar-refractivity contribution in [2.45, 2.75) is 58.2 Å². The van der Waals surface area contributed by atoms with Crippen LogP contribution in [0.2, 0.25) is 4.34 Å². The Labute approximate surface area is 155 Å². The molecular weight excluding hydrogens is 400 g/mol. The first-order valence-electron chi connectivity index (χ1n) is 7.75. The maximum Gasteiger partial charge on any atom is 0.410 e. The summed E-state index contributed by atoms with van der Waals surface area (Å²) in [5, 5.41) is 3.61. The molecule has 1 aliphatic heterocycles. The summed E-state index contributed by atoms with van der Waals surface area (Å²) in [7, 11) is 0. The van der Waals surface area contributed by atoms with Crippen LogP contribution in [0.3, 0.4) is 0 Å². The molecule has 1 fully saturated rings. The fourth-order valence-corrected chi connectivity index (χ4v) is 4.20. The lowest BCUT2D eigenvalue weighted by atomic mass is 9.89. The third-order valence-corrected chi connectivity index (χ3v) is 6.38. The standard InChI is InChI=1S/C16H24BrClN2O2S/c1-15(2,3)22-14(21)20-7-5-16(4,6-8-20)19-10-11-9-12(17)13(18)23-11/h9,19H,5-8,10H2,1-4H3. The van der Waals surface area contributed by atoms with Crippen LogP contribution in [-0.4, -0.2) is 35.2 Å². The molecule has 0 radical (unpaired) electrons. The van der Waals surface area contributed by atoms with Gasteiger partial charge in [0, 0.05) is 34.5 Å². The predicted octanol–water partition coefficient (Wildman–Crippen LogP) is 5.04. The van der Waals surface area contributed by atoms with Crippen molar-refractivity contribution in [3.8, 4) is 0 Å². The SMILES string of the molecule is CC1(NCc2cc(Br)c(Cl)s2)CCN(C(=O)OC(C)(C)C)CC1. The maximum atomic E-state index is 12.1. The zero-order valence-electron chi connectivity index (χ0n) is 14.0. The average molecular weight is 424 g/mol. The van der Waals surface area contributed by atoms with Crippen LogP contribution in [0.1, 0.15) is 45.4 Å². The molecule has 4 nitrogen and oxygen atoms in total. The fourth-order valence-electron chi connectivity index (χ4n) is 2.47. The maximum absolute atomic E-state index is 12.1. The zero-order valence-corrected chi connectivity index (χ0v) is 17.2. The van der Waals surface area contributed by atoms with Crippen LogP contribution in [-0.2, 0) is 11.3 Å². The molecule has 130 valence electrons. The highest BCUT2D eigenvalue weighted by Gasteiger charge is 2.33. The highest BCUT2D eigenvalue weighted by atomic mass is 79.9. The van der Waals surface area contributed by atoms with Crippen molar-refractivity contribution in [3.63, 3.8) is 0 Å². The lowest BCUT2D eigenvalue weighted by Gasteiger charge is -2.40. The summed E-state index contributed by atoms with van der Waals surface area (Å²) in [6.07, 6.45) is 1.60. The number of carbonyl (C=O) groups is 1. The van der Waals surface area contributed by atoms with E-state index >= 15 is 0 Å². The number of likely N-dealkylation sites (tertiary alicyclic amines) is 1. The first-order valence-corrected chi connectivity index (χ1v) is 9.73. The van der Waals surface area contributed by atoms with Crippen LogP contribution < -0.4 is 5.32 Å². The van der Waals surface area contributed by atoms with Crippen LogP contribution in [0.4, 0.5) is 4.79 Å². The highest BCUT2D eigenvalue weighted by Crippen LogP contribution is 2.32. The van der Waals surface area contributed by atoms with Gasteiger partial charge in [0.2, 0.25) is 0 Å². The molecule has 1 N–H and O–H groups in total. The van der Waals surface area contributed by atoms with Crippen molar-refractivity contribution in [2.24, 2.45) is 0 Å². The molecule has 2 rings (SSSR count). The van der Waals surface area contributed by atoms with Gasteiger partial charge in [0.1, 0.15) is 9.94 Å². The summed E-state index contributed by atoms with van der Waals surface area (Å²) in [6, 6.07) is 2.05. The Hall–Kier alpha value is -0.300. The molecule has 7 heteroatoms. The third-order valence-electron chi connectivity index (χ3n) is 3.90. The van der Waals surface area contributed by atoms with Gasteiger partial charge in [-0.25, -0.2) is 4.79 Å². The molecule has 0 unspecified atom stereocenters. The Morgan fingerprint density at radius 2 is 2.09 bits per heavy atom. The molecule has 1 aromatic heterocycles. The van der Waals surface area contributed by atoms with Crippen molar-refractivity contribution in [1.82, 2.24) is 10.2 Å². The first-order chi connectivity index (χ1) is 10.6. The second kappa shape index (κ2) is 7.30. The Morgan fingerprint density at radius 3 is 2.57 bits per heavy atom. The average Bonchev–Trinajstić information content (AvgIpc) is 2.75.